The molecule has 1 aliphatic heterocycles. The van der Waals surface area contributed by atoms with Crippen molar-refractivity contribution in [2.45, 2.75) is 123 Å². The highest BCUT2D eigenvalue weighted by atomic mass is 16.3. The van der Waals surface area contributed by atoms with E-state index in [2.05, 4.69) is 26.0 Å². The molecule has 0 aromatic carbocycles. The lowest BCUT2D eigenvalue weighted by molar-refractivity contribution is -0.882. The van der Waals surface area contributed by atoms with Crippen molar-refractivity contribution >= 4 is 5.84 Å². The normalized spacial score (nSPS) is 20.8. The minimum atomic E-state index is -0.327. The van der Waals surface area contributed by atoms with Crippen molar-refractivity contribution in [2.75, 3.05) is 19.6 Å². The summed E-state index contributed by atoms with van der Waals surface area (Å²) in [6.45, 7) is 9.18. The number of amidine groups is 1. The number of quaternary nitrogens is 1. The molecule has 0 aliphatic carbocycles. The Hall–Kier alpha value is -0.670. The monoisotopic (exact) mass is 393 g/mol. The average Bonchev–Trinajstić information content (AvgIpc) is 3.12. The molecule has 0 radical (unpaired) electrons. The van der Waals surface area contributed by atoms with Crippen LogP contribution in [0.25, 0.3) is 0 Å². The Balaban J connectivity index is 1.94. The summed E-state index contributed by atoms with van der Waals surface area (Å²) in [7, 11) is 0. The molecule has 0 amide bonds. The third kappa shape index (κ3) is 9.69. The Bertz CT molecular complexity index is 430. The van der Waals surface area contributed by atoms with Gasteiger partial charge in [-0.3, -0.25) is 4.48 Å². The van der Waals surface area contributed by atoms with Crippen LogP contribution in [0.15, 0.2) is 17.1 Å². The van der Waals surface area contributed by atoms with E-state index in [9.17, 15) is 5.11 Å². The van der Waals surface area contributed by atoms with Crippen molar-refractivity contribution in [3.63, 3.8) is 0 Å². The predicted molar refractivity (Wildman–Crippen MR) is 124 cm³/mol. The smallest absolute Gasteiger partial charge is 0.200 e. The van der Waals surface area contributed by atoms with Gasteiger partial charge in [-0.15, -0.1) is 0 Å². The van der Waals surface area contributed by atoms with E-state index in [0.29, 0.717) is 4.48 Å². The molecule has 0 fully saturated rings. The standard InChI is InChI=1S/C25H49N2O/c1-4-6-7-8-9-10-11-12-13-14-15-16-17-18-19-20-21-25-26-22-23-27(25,5-2)24(3)28/h16-17,24,28H,4-15,18-23H2,1-3H3/q+1/b17-16+. The summed E-state index contributed by atoms with van der Waals surface area (Å²) in [5, 5.41) is 10.2. The zero-order valence-corrected chi connectivity index (χ0v) is 19.3. The highest BCUT2D eigenvalue weighted by molar-refractivity contribution is 5.76. The summed E-state index contributed by atoms with van der Waals surface area (Å²) in [5.41, 5.74) is 0. The quantitative estimate of drug-likeness (QED) is 0.152. The fourth-order valence-electron chi connectivity index (χ4n) is 4.47. The third-order valence-electron chi connectivity index (χ3n) is 6.50. The molecule has 3 heteroatoms. The van der Waals surface area contributed by atoms with Crippen LogP contribution in [0.2, 0.25) is 0 Å². The van der Waals surface area contributed by atoms with Crippen LogP contribution >= 0.6 is 0 Å². The molecule has 0 saturated heterocycles. The lowest BCUT2D eigenvalue weighted by Gasteiger charge is -2.36. The summed E-state index contributed by atoms with van der Waals surface area (Å²) in [6.07, 6.45) is 24.5. The number of likely N-dealkylation sites (N-methyl/N-ethyl adjacent to an activating group) is 1. The van der Waals surface area contributed by atoms with Gasteiger partial charge in [0.25, 0.3) is 0 Å². The molecular formula is C25H49N2O+. The van der Waals surface area contributed by atoms with Crippen molar-refractivity contribution in [3.05, 3.63) is 12.2 Å². The first-order valence-electron chi connectivity index (χ1n) is 12.4. The highest BCUT2D eigenvalue weighted by Gasteiger charge is 2.40. The number of unbranched alkanes of at least 4 members (excludes halogenated alkanes) is 12. The number of hydrogen-bond acceptors (Lipinski definition) is 2. The molecule has 0 spiro atoms. The van der Waals surface area contributed by atoms with Crippen molar-refractivity contribution in [2.24, 2.45) is 4.99 Å². The first kappa shape index (κ1) is 25.4. The Morgan fingerprint density at radius 2 is 1.39 bits per heavy atom. The highest BCUT2D eigenvalue weighted by Crippen LogP contribution is 2.22. The van der Waals surface area contributed by atoms with E-state index in [-0.39, 0.29) is 6.23 Å². The van der Waals surface area contributed by atoms with Crippen molar-refractivity contribution in [3.8, 4) is 0 Å². The van der Waals surface area contributed by atoms with Gasteiger partial charge in [-0.2, -0.15) is 0 Å². The summed E-state index contributed by atoms with van der Waals surface area (Å²) in [6, 6.07) is 0. The van der Waals surface area contributed by atoms with Gasteiger partial charge in [0.2, 0.25) is 5.84 Å². The number of aliphatic hydroxyl groups is 1. The molecule has 3 nitrogen and oxygen atoms in total. The maximum atomic E-state index is 10.2. The second-order valence-electron chi connectivity index (χ2n) is 8.69. The van der Waals surface area contributed by atoms with Crippen LogP contribution in [-0.2, 0) is 0 Å². The Labute approximate surface area is 175 Å². The van der Waals surface area contributed by atoms with Crippen LogP contribution in [0, 0.1) is 0 Å². The summed E-state index contributed by atoms with van der Waals surface area (Å²) >= 11 is 0. The number of aliphatic imine (C=N–C) groups is 1. The minimum absolute atomic E-state index is 0.327. The molecule has 28 heavy (non-hydrogen) atoms. The van der Waals surface area contributed by atoms with Gasteiger partial charge in [-0.25, -0.2) is 4.99 Å². The molecule has 0 bridgehead atoms. The van der Waals surface area contributed by atoms with E-state index in [1.165, 1.54) is 95.7 Å². The molecule has 0 aromatic rings. The van der Waals surface area contributed by atoms with Crippen LogP contribution in [0.3, 0.4) is 0 Å². The summed E-state index contributed by atoms with van der Waals surface area (Å²) in [5.74, 6) is 1.23. The van der Waals surface area contributed by atoms with Crippen LogP contribution in [0.5, 0.6) is 0 Å². The van der Waals surface area contributed by atoms with Crippen LogP contribution < -0.4 is 0 Å². The van der Waals surface area contributed by atoms with Gasteiger partial charge in [-0.05, 0) is 39.0 Å². The molecular weight excluding hydrogens is 344 g/mol. The van der Waals surface area contributed by atoms with Gasteiger partial charge in [0.05, 0.1) is 13.1 Å². The van der Waals surface area contributed by atoms with E-state index in [1.807, 2.05) is 6.92 Å². The first-order valence-corrected chi connectivity index (χ1v) is 12.4. The number of rotatable bonds is 18. The van der Waals surface area contributed by atoms with E-state index in [4.69, 9.17) is 4.99 Å². The van der Waals surface area contributed by atoms with Gasteiger partial charge in [0.15, 0.2) is 6.23 Å². The zero-order chi connectivity index (χ0) is 20.5. The Morgan fingerprint density at radius 3 is 1.93 bits per heavy atom. The lowest BCUT2D eigenvalue weighted by Crippen LogP contribution is -2.56. The van der Waals surface area contributed by atoms with Crippen LogP contribution in [0.4, 0.5) is 0 Å². The zero-order valence-electron chi connectivity index (χ0n) is 19.3. The van der Waals surface area contributed by atoms with E-state index >= 15 is 0 Å². The fourth-order valence-corrected chi connectivity index (χ4v) is 4.47. The van der Waals surface area contributed by atoms with Gasteiger partial charge in [0, 0.05) is 13.3 Å². The predicted octanol–water partition coefficient (Wildman–Crippen LogP) is 7.00. The van der Waals surface area contributed by atoms with Gasteiger partial charge in [0.1, 0.15) is 6.54 Å². The Kier molecular flexibility index (Phi) is 14.6. The van der Waals surface area contributed by atoms with Crippen LogP contribution in [-0.4, -0.2) is 41.3 Å². The number of allylic oxidation sites excluding steroid dienone is 2. The lowest BCUT2D eigenvalue weighted by atomic mass is 10.1. The molecule has 1 N–H and O–H groups in total. The Morgan fingerprint density at radius 1 is 0.857 bits per heavy atom. The molecule has 0 saturated carbocycles. The molecule has 1 aliphatic rings. The average molecular weight is 394 g/mol. The molecule has 1 heterocycles. The second kappa shape index (κ2) is 16.2. The largest absolute Gasteiger partial charge is 0.345 e. The van der Waals surface area contributed by atoms with Gasteiger partial charge < -0.3 is 5.11 Å². The van der Waals surface area contributed by atoms with E-state index in [0.717, 1.165) is 26.1 Å². The summed E-state index contributed by atoms with van der Waals surface area (Å²) in [4.78, 5) is 4.70. The van der Waals surface area contributed by atoms with Crippen molar-refractivity contribution in [1.29, 1.82) is 0 Å². The number of hydrogen-bond donors (Lipinski definition) is 1. The molecule has 0 aromatic heterocycles. The van der Waals surface area contributed by atoms with Crippen molar-refractivity contribution in [1.82, 2.24) is 0 Å². The SMILES string of the molecule is CCCCCCCCCCCC/C=C/CCCCC1=NCC[N+]1(CC)C(C)O. The maximum Gasteiger partial charge on any atom is 0.200 e. The second-order valence-corrected chi connectivity index (χ2v) is 8.69. The van der Waals surface area contributed by atoms with Gasteiger partial charge >= 0.3 is 0 Å². The molecule has 1 rings (SSSR count). The van der Waals surface area contributed by atoms with Crippen LogP contribution in [0.1, 0.15) is 117 Å². The molecule has 2 unspecified atom stereocenters. The van der Waals surface area contributed by atoms with E-state index < -0.39 is 0 Å². The fraction of sp³-hybridized carbons (Fsp3) is 0.880. The van der Waals surface area contributed by atoms with Gasteiger partial charge in [-0.1, -0.05) is 76.9 Å². The molecule has 2 atom stereocenters. The maximum absolute atomic E-state index is 10.2. The number of nitrogens with zero attached hydrogens (tertiary/aromatic N) is 2. The van der Waals surface area contributed by atoms with E-state index in [1.54, 1.807) is 0 Å². The minimum Gasteiger partial charge on any atom is -0.345 e. The van der Waals surface area contributed by atoms with Crippen molar-refractivity contribution < 1.29 is 9.59 Å². The number of aliphatic hydroxyl groups excluding tert-OH is 1. The third-order valence-corrected chi connectivity index (χ3v) is 6.50. The summed E-state index contributed by atoms with van der Waals surface area (Å²) < 4.78 is 0.703. The molecule has 164 valence electrons. The topological polar surface area (TPSA) is 32.6 Å². The first-order chi connectivity index (χ1) is 13.7.